The van der Waals surface area contributed by atoms with E-state index in [4.69, 9.17) is 5.73 Å². The number of ketones is 4. The van der Waals surface area contributed by atoms with Gasteiger partial charge in [0.2, 0.25) is 0 Å². The van der Waals surface area contributed by atoms with E-state index in [2.05, 4.69) is 35.1 Å². The number of nitrogens with one attached hydrogen (secondary N) is 4. The average molecular weight is 590 g/mol. The minimum atomic E-state index is -0.447. The Labute approximate surface area is 252 Å². The van der Waals surface area contributed by atoms with Gasteiger partial charge in [-0.1, -0.05) is 58.0 Å². The first kappa shape index (κ1) is 39.0. The maximum Gasteiger partial charge on any atom is 0.315 e. The Balaban J connectivity index is 0.000000903. The van der Waals surface area contributed by atoms with Crippen LogP contribution < -0.4 is 27.0 Å². The number of carbonyl (C=O) groups excluding carboxylic acids is 5. The fraction of sp³-hybridized carbons (Fsp3) is 0.656. The van der Waals surface area contributed by atoms with Gasteiger partial charge in [-0.2, -0.15) is 0 Å². The molecule has 1 rings (SSSR count). The lowest BCUT2D eigenvalue weighted by Crippen LogP contribution is -2.48. The monoisotopic (exact) mass is 589 g/mol. The molecule has 1 aromatic rings. The molecular formula is C32H55N5O5. The van der Waals surface area contributed by atoms with E-state index in [1.807, 2.05) is 44.2 Å². The van der Waals surface area contributed by atoms with Gasteiger partial charge in [-0.15, -0.1) is 0 Å². The molecule has 0 aliphatic heterocycles. The molecule has 6 N–H and O–H groups in total. The maximum atomic E-state index is 11.9. The highest BCUT2D eigenvalue weighted by atomic mass is 16.2. The molecule has 10 nitrogen and oxygen atoms in total. The molecule has 0 aliphatic carbocycles. The SMILES string of the molecule is CC(=O)[C@H](CCN)N[C@@H](CC(C)C)C(C)=O.CC(=O)[C@H](CCNC(=O)NCc1ccccc1)N[C@@H](CC(C)C)C(C)=O. The molecule has 0 saturated carbocycles. The Hall–Kier alpha value is -2.95. The summed E-state index contributed by atoms with van der Waals surface area (Å²) in [5, 5.41) is 11.8. The number of Topliss-reactive ketones (excluding diaryl/α,β-unsaturated/α-hetero) is 4. The van der Waals surface area contributed by atoms with Gasteiger partial charge in [0.05, 0.1) is 24.2 Å². The molecule has 238 valence electrons. The summed E-state index contributed by atoms with van der Waals surface area (Å²) >= 11 is 0. The average Bonchev–Trinajstić information content (AvgIpc) is 2.90. The van der Waals surface area contributed by atoms with Crippen LogP contribution in [0.15, 0.2) is 30.3 Å². The van der Waals surface area contributed by atoms with Crippen molar-refractivity contribution in [3.8, 4) is 0 Å². The summed E-state index contributed by atoms with van der Waals surface area (Å²) in [6.07, 6.45) is 2.46. The first-order valence-electron chi connectivity index (χ1n) is 15.0. The normalized spacial score (nSPS) is 13.8. The molecule has 4 atom stereocenters. The van der Waals surface area contributed by atoms with E-state index >= 15 is 0 Å². The number of nitrogens with two attached hydrogens (primary N) is 1. The zero-order chi connectivity index (χ0) is 32.2. The van der Waals surface area contributed by atoms with Gasteiger partial charge in [0, 0.05) is 13.1 Å². The topological polar surface area (TPSA) is 159 Å². The lowest BCUT2D eigenvalue weighted by Gasteiger charge is -2.24. The molecular weight excluding hydrogens is 534 g/mol. The Bertz CT molecular complexity index is 967. The van der Waals surface area contributed by atoms with Crippen molar-refractivity contribution in [2.24, 2.45) is 17.6 Å². The summed E-state index contributed by atoms with van der Waals surface area (Å²) in [7, 11) is 0. The number of benzene rings is 1. The van der Waals surface area contributed by atoms with Crippen LogP contribution in [0, 0.1) is 11.8 Å². The van der Waals surface area contributed by atoms with E-state index in [0.717, 1.165) is 12.0 Å². The van der Waals surface area contributed by atoms with Crippen LogP contribution in [0.3, 0.4) is 0 Å². The summed E-state index contributed by atoms with van der Waals surface area (Å²) in [5.41, 5.74) is 6.46. The Morgan fingerprint density at radius 2 is 1.07 bits per heavy atom. The molecule has 0 radical (unpaired) electrons. The van der Waals surface area contributed by atoms with Crippen molar-refractivity contribution in [2.45, 2.75) is 112 Å². The fourth-order valence-electron chi connectivity index (χ4n) is 4.28. The fourth-order valence-corrected chi connectivity index (χ4v) is 4.28. The lowest BCUT2D eigenvalue weighted by atomic mass is 9.98. The van der Waals surface area contributed by atoms with E-state index in [1.165, 1.54) is 20.8 Å². The van der Waals surface area contributed by atoms with Crippen LogP contribution in [0.2, 0.25) is 0 Å². The maximum absolute atomic E-state index is 11.9. The third-order valence-electron chi connectivity index (χ3n) is 6.65. The van der Waals surface area contributed by atoms with Crippen LogP contribution in [0.1, 0.15) is 86.6 Å². The zero-order valence-electron chi connectivity index (χ0n) is 26.9. The van der Waals surface area contributed by atoms with Crippen molar-refractivity contribution in [3.63, 3.8) is 0 Å². The van der Waals surface area contributed by atoms with E-state index < -0.39 is 6.04 Å². The summed E-state index contributed by atoms with van der Waals surface area (Å²) in [6.45, 7) is 15.6. The minimum absolute atomic E-state index is 0.0264. The summed E-state index contributed by atoms with van der Waals surface area (Å²) in [5.74, 6) is 0.889. The van der Waals surface area contributed by atoms with Crippen LogP contribution in [-0.2, 0) is 25.7 Å². The molecule has 42 heavy (non-hydrogen) atoms. The molecule has 0 spiro atoms. The molecule has 0 bridgehead atoms. The van der Waals surface area contributed by atoms with Gasteiger partial charge in [-0.3, -0.25) is 29.8 Å². The van der Waals surface area contributed by atoms with Crippen LogP contribution >= 0.6 is 0 Å². The highest BCUT2D eigenvalue weighted by molar-refractivity contribution is 5.85. The second-order valence-electron chi connectivity index (χ2n) is 11.7. The smallest absolute Gasteiger partial charge is 0.315 e. The van der Waals surface area contributed by atoms with E-state index in [1.54, 1.807) is 6.92 Å². The predicted octanol–water partition coefficient (Wildman–Crippen LogP) is 3.31. The Morgan fingerprint density at radius 1 is 0.643 bits per heavy atom. The van der Waals surface area contributed by atoms with E-state index in [0.29, 0.717) is 50.7 Å². The first-order chi connectivity index (χ1) is 19.7. The van der Waals surface area contributed by atoms with Gasteiger partial charge in [-0.25, -0.2) is 4.79 Å². The number of hydrogen-bond donors (Lipinski definition) is 5. The number of carbonyl (C=O) groups is 5. The largest absolute Gasteiger partial charge is 0.338 e. The highest BCUT2D eigenvalue weighted by Gasteiger charge is 2.23. The van der Waals surface area contributed by atoms with E-state index in [9.17, 15) is 24.0 Å². The van der Waals surface area contributed by atoms with E-state index in [-0.39, 0.29) is 47.3 Å². The highest BCUT2D eigenvalue weighted by Crippen LogP contribution is 2.09. The van der Waals surface area contributed by atoms with Crippen LogP contribution in [0.4, 0.5) is 4.79 Å². The van der Waals surface area contributed by atoms with Crippen LogP contribution in [0.5, 0.6) is 0 Å². The number of hydrogen-bond acceptors (Lipinski definition) is 8. The summed E-state index contributed by atoms with van der Waals surface area (Å²) in [4.78, 5) is 58.3. The minimum Gasteiger partial charge on any atom is -0.338 e. The quantitative estimate of drug-likeness (QED) is 0.164. The zero-order valence-corrected chi connectivity index (χ0v) is 26.9. The van der Waals surface area contributed by atoms with Crippen molar-refractivity contribution in [2.75, 3.05) is 13.1 Å². The molecule has 10 heteroatoms. The van der Waals surface area contributed by atoms with Crippen molar-refractivity contribution in [3.05, 3.63) is 35.9 Å². The lowest BCUT2D eigenvalue weighted by molar-refractivity contribution is -0.123. The molecule has 0 aliphatic rings. The van der Waals surface area contributed by atoms with Crippen molar-refractivity contribution >= 4 is 29.2 Å². The first-order valence-corrected chi connectivity index (χ1v) is 15.0. The number of amides is 2. The van der Waals surface area contributed by atoms with Gasteiger partial charge in [0.25, 0.3) is 0 Å². The molecule has 0 aromatic heterocycles. The van der Waals surface area contributed by atoms with Crippen molar-refractivity contribution in [1.29, 1.82) is 0 Å². The van der Waals surface area contributed by atoms with Gasteiger partial charge in [0.1, 0.15) is 23.1 Å². The Morgan fingerprint density at radius 3 is 1.45 bits per heavy atom. The summed E-state index contributed by atoms with van der Waals surface area (Å²) < 4.78 is 0. The number of rotatable bonds is 19. The molecule has 0 saturated heterocycles. The second kappa shape index (κ2) is 21.7. The summed E-state index contributed by atoms with van der Waals surface area (Å²) in [6, 6.07) is 8.04. The van der Waals surface area contributed by atoms with Gasteiger partial charge in [-0.05, 0) is 77.3 Å². The van der Waals surface area contributed by atoms with Gasteiger partial charge in [0.15, 0.2) is 0 Å². The molecule has 2 amide bonds. The molecule has 0 unspecified atom stereocenters. The molecule has 0 fully saturated rings. The predicted molar refractivity (Wildman–Crippen MR) is 168 cm³/mol. The number of urea groups is 1. The Kier molecular flexibility index (Phi) is 20.2. The third-order valence-corrected chi connectivity index (χ3v) is 6.65. The van der Waals surface area contributed by atoms with Crippen molar-refractivity contribution in [1.82, 2.24) is 21.3 Å². The van der Waals surface area contributed by atoms with Crippen molar-refractivity contribution < 1.29 is 24.0 Å². The van der Waals surface area contributed by atoms with Crippen LogP contribution in [0.25, 0.3) is 0 Å². The standard InChI is InChI=1S/C20H31N3O3.C12H24N2O2/c1-14(2)12-19(16(4)25)23-18(15(3)24)10-11-21-20(26)22-13-17-8-6-5-7-9-17;1-8(2)7-12(10(4)16)14-11(5-6-13)9(3)15/h5-9,14,18-19,23H,10-13H2,1-4H3,(H2,21,22,26);8,11-12,14H,5-7,13H2,1-4H3/t18-,19-;11-,12-/m00/s1. The molecule has 0 heterocycles. The second-order valence-corrected chi connectivity index (χ2v) is 11.7. The van der Waals surface area contributed by atoms with Crippen LogP contribution in [-0.4, -0.2) is 66.4 Å². The van der Waals surface area contributed by atoms with Gasteiger partial charge < -0.3 is 16.4 Å². The van der Waals surface area contributed by atoms with Gasteiger partial charge >= 0.3 is 6.03 Å². The molecule has 1 aromatic carbocycles. The third kappa shape index (κ3) is 18.5.